The summed E-state index contributed by atoms with van der Waals surface area (Å²) in [7, 11) is 0. The van der Waals surface area contributed by atoms with E-state index in [2.05, 4.69) is 4.98 Å². The topological polar surface area (TPSA) is 52.3 Å². The number of fused-ring (bicyclic) bond motifs is 1. The molecule has 2 aromatic heterocycles. The van der Waals surface area contributed by atoms with Crippen LogP contribution in [0.25, 0.3) is 11.0 Å². The first-order chi connectivity index (χ1) is 10.6. The second-order valence-corrected chi connectivity index (χ2v) is 5.44. The Balaban J connectivity index is 1.99. The van der Waals surface area contributed by atoms with Crippen LogP contribution in [0.3, 0.4) is 0 Å². The van der Waals surface area contributed by atoms with E-state index >= 15 is 0 Å². The Kier molecular flexibility index (Phi) is 3.86. The third-order valence-corrected chi connectivity index (χ3v) is 3.91. The van der Waals surface area contributed by atoms with Gasteiger partial charge in [0.05, 0.1) is 10.7 Å². The summed E-state index contributed by atoms with van der Waals surface area (Å²) in [6.45, 7) is 3.90. The van der Waals surface area contributed by atoms with Crippen molar-refractivity contribution >= 4 is 22.6 Å². The SMILES string of the molecule is Cc1c(C)c2cc(Cl)c(OCc3ccccn3)cc2oc1=O. The van der Waals surface area contributed by atoms with Crippen molar-refractivity contribution in [3.63, 3.8) is 0 Å². The molecule has 5 heteroatoms. The minimum atomic E-state index is -0.344. The molecule has 0 saturated heterocycles. The van der Waals surface area contributed by atoms with Crippen LogP contribution >= 0.6 is 11.6 Å². The lowest BCUT2D eigenvalue weighted by atomic mass is 10.1. The molecule has 112 valence electrons. The second kappa shape index (κ2) is 5.81. The highest BCUT2D eigenvalue weighted by Crippen LogP contribution is 2.32. The van der Waals surface area contributed by atoms with Crippen molar-refractivity contribution < 1.29 is 9.15 Å². The fourth-order valence-electron chi connectivity index (χ4n) is 2.19. The number of aryl methyl sites for hydroxylation is 1. The zero-order valence-corrected chi connectivity index (χ0v) is 13.0. The monoisotopic (exact) mass is 315 g/mol. The standard InChI is InChI=1S/C17H14ClNO3/c1-10-11(2)17(20)22-15-8-16(14(18)7-13(10)15)21-9-12-5-3-4-6-19-12/h3-8H,9H2,1-2H3. The Morgan fingerprint density at radius 1 is 1.23 bits per heavy atom. The third-order valence-electron chi connectivity index (χ3n) is 3.61. The van der Waals surface area contributed by atoms with Gasteiger partial charge in [-0.25, -0.2) is 4.79 Å². The molecule has 0 aliphatic heterocycles. The Bertz CT molecular complexity index is 888. The van der Waals surface area contributed by atoms with E-state index in [-0.39, 0.29) is 5.63 Å². The van der Waals surface area contributed by atoms with Gasteiger partial charge in [0, 0.05) is 23.2 Å². The minimum absolute atomic E-state index is 0.293. The molecule has 0 atom stereocenters. The van der Waals surface area contributed by atoms with Crippen molar-refractivity contribution in [3.05, 3.63) is 68.8 Å². The van der Waals surface area contributed by atoms with Crippen LogP contribution in [0.15, 0.2) is 45.7 Å². The summed E-state index contributed by atoms with van der Waals surface area (Å²) in [6, 6.07) is 9.00. The van der Waals surface area contributed by atoms with E-state index in [0.29, 0.717) is 28.5 Å². The first-order valence-corrected chi connectivity index (χ1v) is 7.20. The van der Waals surface area contributed by atoms with Gasteiger partial charge in [-0.1, -0.05) is 17.7 Å². The molecule has 4 nitrogen and oxygen atoms in total. The predicted molar refractivity (Wildman–Crippen MR) is 85.5 cm³/mol. The third kappa shape index (κ3) is 2.70. The molecule has 0 unspecified atom stereocenters. The molecule has 0 fully saturated rings. The molecular formula is C17H14ClNO3. The van der Waals surface area contributed by atoms with E-state index in [1.807, 2.05) is 25.1 Å². The van der Waals surface area contributed by atoms with Crippen LogP contribution in [0.4, 0.5) is 0 Å². The number of pyridine rings is 1. The van der Waals surface area contributed by atoms with E-state index in [4.69, 9.17) is 20.8 Å². The molecule has 2 heterocycles. The highest BCUT2D eigenvalue weighted by molar-refractivity contribution is 6.32. The number of benzene rings is 1. The Morgan fingerprint density at radius 3 is 2.77 bits per heavy atom. The van der Waals surface area contributed by atoms with Gasteiger partial charge in [-0.15, -0.1) is 0 Å². The Morgan fingerprint density at radius 2 is 2.05 bits per heavy atom. The maximum Gasteiger partial charge on any atom is 0.339 e. The summed E-state index contributed by atoms with van der Waals surface area (Å²) in [6.07, 6.45) is 1.70. The number of ether oxygens (including phenoxy) is 1. The summed E-state index contributed by atoms with van der Waals surface area (Å²) in [5.74, 6) is 0.464. The average Bonchev–Trinajstić information content (AvgIpc) is 2.53. The van der Waals surface area contributed by atoms with Crippen LogP contribution in [0.5, 0.6) is 5.75 Å². The zero-order chi connectivity index (χ0) is 15.7. The number of rotatable bonds is 3. The van der Waals surface area contributed by atoms with Gasteiger partial charge in [-0.05, 0) is 37.6 Å². The molecule has 22 heavy (non-hydrogen) atoms. The normalized spacial score (nSPS) is 10.9. The molecule has 0 bridgehead atoms. The van der Waals surface area contributed by atoms with Crippen LogP contribution in [0, 0.1) is 13.8 Å². The van der Waals surface area contributed by atoms with Gasteiger partial charge in [-0.2, -0.15) is 0 Å². The molecule has 3 aromatic rings. The smallest absolute Gasteiger partial charge is 0.339 e. The van der Waals surface area contributed by atoms with Crippen LogP contribution in [0.2, 0.25) is 5.02 Å². The van der Waals surface area contributed by atoms with E-state index < -0.39 is 0 Å². The van der Waals surface area contributed by atoms with Crippen LogP contribution in [0.1, 0.15) is 16.8 Å². The largest absolute Gasteiger partial charge is 0.486 e. The number of hydrogen-bond acceptors (Lipinski definition) is 4. The van der Waals surface area contributed by atoms with Crippen molar-refractivity contribution in [3.8, 4) is 5.75 Å². The lowest BCUT2D eigenvalue weighted by molar-refractivity contribution is 0.301. The first-order valence-electron chi connectivity index (χ1n) is 6.82. The van der Waals surface area contributed by atoms with Gasteiger partial charge in [0.25, 0.3) is 0 Å². The summed E-state index contributed by atoms with van der Waals surface area (Å²) in [5.41, 5.74) is 2.37. The predicted octanol–water partition coefficient (Wildman–Crippen LogP) is 4.04. The summed E-state index contributed by atoms with van der Waals surface area (Å²) < 4.78 is 11.0. The molecule has 0 aliphatic carbocycles. The van der Waals surface area contributed by atoms with Crippen LogP contribution < -0.4 is 10.4 Å². The molecular weight excluding hydrogens is 302 g/mol. The van der Waals surface area contributed by atoms with E-state index in [1.54, 1.807) is 25.3 Å². The molecule has 0 N–H and O–H groups in total. The van der Waals surface area contributed by atoms with E-state index in [1.165, 1.54) is 0 Å². The fourth-order valence-corrected chi connectivity index (χ4v) is 2.41. The number of aromatic nitrogens is 1. The number of halogens is 1. The number of nitrogens with zero attached hydrogens (tertiary/aromatic N) is 1. The van der Waals surface area contributed by atoms with Crippen molar-refractivity contribution in [2.75, 3.05) is 0 Å². The first kappa shape index (κ1) is 14.6. The maximum absolute atomic E-state index is 11.8. The molecule has 1 aromatic carbocycles. The fraction of sp³-hybridized carbons (Fsp3) is 0.176. The van der Waals surface area contributed by atoms with Crippen LogP contribution in [-0.4, -0.2) is 4.98 Å². The zero-order valence-electron chi connectivity index (χ0n) is 12.2. The van der Waals surface area contributed by atoms with Crippen molar-refractivity contribution in [2.45, 2.75) is 20.5 Å². The summed E-state index contributed by atoms with van der Waals surface area (Å²) >= 11 is 6.27. The lowest BCUT2D eigenvalue weighted by Crippen LogP contribution is -2.06. The van der Waals surface area contributed by atoms with Gasteiger partial charge in [0.2, 0.25) is 0 Å². The van der Waals surface area contributed by atoms with E-state index in [9.17, 15) is 4.79 Å². The highest BCUT2D eigenvalue weighted by Gasteiger charge is 2.12. The molecule has 0 spiro atoms. The molecule has 0 saturated carbocycles. The molecule has 0 aliphatic rings. The quantitative estimate of drug-likeness (QED) is 0.685. The van der Waals surface area contributed by atoms with Crippen molar-refractivity contribution in [1.82, 2.24) is 4.98 Å². The maximum atomic E-state index is 11.8. The van der Waals surface area contributed by atoms with Crippen molar-refractivity contribution in [2.24, 2.45) is 0 Å². The lowest BCUT2D eigenvalue weighted by Gasteiger charge is -2.10. The van der Waals surface area contributed by atoms with E-state index in [0.717, 1.165) is 16.6 Å². The van der Waals surface area contributed by atoms with Gasteiger partial charge in [0.15, 0.2) is 0 Å². The summed E-state index contributed by atoms with van der Waals surface area (Å²) in [4.78, 5) is 16.0. The van der Waals surface area contributed by atoms with Gasteiger partial charge in [-0.3, -0.25) is 4.98 Å². The highest BCUT2D eigenvalue weighted by atomic mass is 35.5. The number of hydrogen-bond donors (Lipinski definition) is 0. The average molecular weight is 316 g/mol. The van der Waals surface area contributed by atoms with Gasteiger partial charge in [0.1, 0.15) is 17.9 Å². The molecule has 3 rings (SSSR count). The molecule has 0 amide bonds. The van der Waals surface area contributed by atoms with Gasteiger partial charge < -0.3 is 9.15 Å². The van der Waals surface area contributed by atoms with Crippen LogP contribution in [-0.2, 0) is 6.61 Å². The minimum Gasteiger partial charge on any atom is -0.486 e. The second-order valence-electron chi connectivity index (χ2n) is 5.03. The Hall–Kier alpha value is -2.33. The van der Waals surface area contributed by atoms with Crippen molar-refractivity contribution in [1.29, 1.82) is 0 Å². The molecule has 0 radical (unpaired) electrons. The summed E-state index contributed by atoms with van der Waals surface area (Å²) in [5, 5.41) is 1.28. The van der Waals surface area contributed by atoms with Gasteiger partial charge >= 0.3 is 5.63 Å². The Labute approximate surface area is 132 Å².